The molecule has 2 aliphatic carbocycles. The average Bonchev–Trinajstić information content (AvgIpc) is 3.27. The van der Waals surface area contributed by atoms with Gasteiger partial charge in [-0.1, -0.05) is 24.3 Å². The fourth-order valence-electron chi connectivity index (χ4n) is 4.08. The number of benzene rings is 2. The zero-order valence-corrected chi connectivity index (χ0v) is 14.1. The highest BCUT2D eigenvalue weighted by molar-refractivity contribution is 6.07. The summed E-state index contributed by atoms with van der Waals surface area (Å²) in [5, 5.41) is 0. The van der Waals surface area contributed by atoms with E-state index in [2.05, 4.69) is 6.07 Å². The third kappa shape index (κ3) is 1.95. The Morgan fingerprint density at radius 2 is 1.67 bits per heavy atom. The molecule has 124 valence electrons. The van der Waals surface area contributed by atoms with Gasteiger partial charge in [-0.05, 0) is 42.0 Å². The van der Waals surface area contributed by atoms with Crippen LogP contribution < -0.4 is 14.2 Å². The largest absolute Gasteiger partial charge is 0.493 e. The Hall–Kier alpha value is -2.49. The van der Waals surface area contributed by atoms with Gasteiger partial charge in [0.05, 0.1) is 21.3 Å². The zero-order valence-electron chi connectivity index (χ0n) is 14.1. The third-order valence-corrected chi connectivity index (χ3v) is 5.38. The average molecular weight is 324 g/mol. The number of rotatable bonds is 4. The lowest BCUT2D eigenvalue weighted by atomic mass is 9.94. The fourth-order valence-corrected chi connectivity index (χ4v) is 4.08. The van der Waals surface area contributed by atoms with Gasteiger partial charge < -0.3 is 14.2 Å². The molecular weight excluding hydrogens is 304 g/mol. The van der Waals surface area contributed by atoms with Crippen molar-refractivity contribution in [2.75, 3.05) is 21.3 Å². The monoisotopic (exact) mass is 324 g/mol. The van der Waals surface area contributed by atoms with Crippen molar-refractivity contribution >= 4 is 5.78 Å². The van der Waals surface area contributed by atoms with Crippen molar-refractivity contribution in [3.05, 3.63) is 53.1 Å². The van der Waals surface area contributed by atoms with Gasteiger partial charge >= 0.3 is 0 Å². The van der Waals surface area contributed by atoms with Crippen LogP contribution in [0.2, 0.25) is 0 Å². The summed E-state index contributed by atoms with van der Waals surface area (Å²) in [6, 6.07) is 11.9. The summed E-state index contributed by atoms with van der Waals surface area (Å²) >= 11 is 0. The van der Waals surface area contributed by atoms with E-state index in [-0.39, 0.29) is 17.1 Å². The first kappa shape index (κ1) is 15.1. The second-order valence-electron chi connectivity index (χ2n) is 6.53. The van der Waals surface area contributed by atoms with E-state index in [1.54, 1.807) is 21.3 Å². The van der Waals surface area contributed by atoms with Crippen molar-refractivity contribution in [1.29, 1.82) is 0 Å². The number of carbonyl (C=O) groups is 1. The molecule has 0 radical (unpaired) electrons. The van der Waals surface area contributed by atoms with Crippen LogP contribution >= 0.6 is 0 Å². The molecule has 2 atom stereocenters. The SMILES string of the molecule is COc1cc([C@@H]2C[C@]23Cc2ccccc2C3=O)cc(OC)c1OC. The van der Waals surface area contributed by atoms with Crippen molar-refractivity contribution in [2.24, 2.45) is 5.41 Å². The molecular formula is C20H20O4. The van der Waals surface area contributed by atoms with Gasteiger partial charge in [-0.2, -0.15) is 0 Å². The van der Waals surface area contributed by atoms with Gasteiger partial charge in [0.2, 0.25) is 5.75 Å². The number of ether oxygens (including phenoxy) is 3. The normalized spacial score (nSPS) is 24.0. The molecule has 24 heavy (non-hydrogen) atoms. The predicted molar refractivity (Wildman–Crippen MR) is 90.4 cm³/mol. The quantitative estimate of drug-likeness (QED) is 0.861. The van der Waals surface area contributed by atoms with Crippen molar-refractivity contribution < 1.29 is 19.0 Å². The van der Waals surface area contributed by atoms with Crippen LogP contribution in [0.15, 0.2) is 36.4 Å². The van der Waals surface area contributed by atoms with Gasteiger partial charge in [0.25, 0.3) is 0 Å². The molecule has 4 heteroatoms. The van der Waals surface area contributed by atoms with Crippen molar-refractivity contribution in [2.45, 2.75) is 18.8 Å². The second kappa shape index (κ2) is 5.26. The van der Waals surface area contributed by atoms with Crippen LogP contribution in [-0.4, -0.2) is 27.1 Å². The van der Waals surface area contributed by atoms with Crippen LogP contribution in [0, 0.1) is 5.41 Å². The first-order chi connectivity index (χ1) is 11.6. The molecule has 0 N–H and O–H groups in total. The Morgan fingerprint density at radius 3 is 2.25 bits per heavy atom. The highest BCUT2D eigenvalue weighted by Crippen LogP contribution is 2.66. The lowest BCUT2D eigenvalue weighted by Crippen LogP contribution is -2.12. The highest BCUT2D eigenvalue weighted by Gasteiger charge is 2.63. The number of methoxy groups -OCH3 is 3. The minimum atomic E-state index is -0.283. The van der Waals surface area contributed by atoms with Crippen LogP contribution in [0.3, 0.4) is 0 Å². The first-order valence-electron chi connectivity index (χ1n) is 8.07. The van der Waals surface area contributed by atoms with Gasteiger partial charge in [-0.15, -0.1) is 0 Å². The summed E-state index contributed by atoms with van der Waals surface area (Å²) in [6.07, 6.45) is 1.70. The molecule has 1 fully saturated rings. The Morgan fingerprint density at radius 1 is 1.00 bits per heavy atom. The molecule has 0 aliphatic heterocycles. The topological polar surface area (TPSA) is 44.8 Å². The maximum atomic E-state index is 12.9. The molecule has 1 spiro atoms. The van der Waals surface area contributed by atoms with Gasteiger partial charge in [0.1, 0.15) is 0 Å². The molecule has 1 saturated carbocycles. The summed E-state index contributed by atoms with van der Waals surface area (Å²) in [6.45, 7) is 0. The molecule has 0 unspecified atom stereocenters. The number of hydrogen-bond donors (Lipinski definition) is 0. The Bertz CT molecular complexity index is 801. The van der Waals surface area contributed by atoms with Crippen LogP contribution in [0.5, 0.6) is 17.2 Å². The molecule has 2 aliphatic rings. The molecule has 2 aromatic rings. The molecule has 0 heterocycles. The standard InChI is InChI=1S/C20H20O4/c1-22-16-8-13(9-17(23-2)18(16)24-3)15-11-20(15)10-12-6-4-5-7-14(12)19(20)21/h4-9,15H,10-11H2,1-3H3/t15-,20+/m0/s1. The molecule has 4 rings (SSSR count). The predicted octanol–water partition coefficient (Wildman–Crippen LogP) is 3.63. The molecule has 0 amide bonds. The first-order valence-corrected chi connectivity index (χ1v) is 8.07. The minimum absolute atomic E-state index is 0.200. The van der Waals surface area contributed by atoms with Crippen LogP contribution in [0.1, 0.15) is 33.8 Å². The number of carbonyl (C=O) groups excluding carboxylic acids is 1. The third-order valence-electron chi connectivity index (χ3n) is 5.38. The summed E-state index contributed by atoms with van der Waals surface area (Å²) < 4.78 is 16.3. The summed E-state index contributed by atoms with van der Waals surface area (Å²) in [5.74, 6) is 2.33. The maximum absolute atomic E-state index is 12.9. The minimum Gasteiger partial charge on any atom is -0.493 e. The lowest BCUT2D eigenvalue weighted by Gasteiger charge is -2.15. The molecule has 0 saturated heterocycles. The Labute approximate surface area is 141 Å². The van der Waals surface area contributed by atoms with Crippen LogP contribution in [0.25, 0.3) is 0 Å². The van der Waals surface area contributed by atoms with Crippen LogP contribution in [-0.2, 0) is 6.42 Å². The van der Waals surface area contributed by atoms with Gasteiger partial charge in [0.15, 0.2) is 17.3 Å². The van der Waals surface area contributed by atoms with E-state index in [4.69, 9.17) is 14.2 Å². The summed E-state index contributed by atoms with van der Waals surface area (Å²) in [7, 11) is 4.82. The van der Waals surface area contributed by atoms with E-state index in [0.717, 1.165) is 29.5 Å². The zero-order chi connectivity index (χ0) is 16.9. The fraction of sp³-hybridized carbons (Fsp3) is 0.350. The highest BCUT2D eigenvalue weighted by atomic mass is 16.5. The van der Waals surface area contributed by atoms with E-state index in [9.17, 15) is 4.79 Å². The van der Waals surface area contributed by atoms with Crippen molar-refractivity contribution in [3.63, 3.8) is 0 Å². The maximum Gasteiger partial charge on any atom is 0.203 e. The van der Waals surface area contributed by atoms with E-state index < -0.39 is 0 Å². The molecule has 0 bridgehead atoms. The number of ketones is 1. The van der Waals surface area contributed by atoms with E-state index in [1.165, 1.54) is 0 Å². The number of fused-ring (bicyclic) bond motifs is 1. The molecule has 0 aromatic heterocycles. The molecule has 4 nitrogen and oxygen atoms in total. The Balaban J connectivity index is 1.72. The summed E-state index contributed by atoms with van der Waals surface area (Å²) in [4.78, 5) is 12.9. The smallest absolute Gasteiger partial charge is 0.203 e. The van der Waals surface area contributed by atoms with Gasteiger partial charge in [-0.25, -0.2) is 0 Å². The Kier molecular flexibility index (Phi) is 3.30. The van der Waals surface area contributed by atoms with E-state index >= 15 is 0 Å². The van der Waals surface area contributed by atoms with E-state index in [1.807, 2.05) is 30.3 Å². The second-order valence-corrected chi connectivity index (χ2v) is 6.53. The number of hydrogen-bond acceptors (Lipinski definition) is 4. The van der Waals surface area contributed by atoms with Crippen LogP contribution in [0.4, 0.5) is 0 Å². The van der Waals surface area contributed by atoms with Crippen molar-refractivity contribution in [1.82, 2.24) is 0 Å². The lowest BCUT2D eigenvalue weighted by molar-refractivity contribution is 0.0914. The molecule has 2 aromatic carbocycles. The van der Waals surface area contributed by atoms with Gasteiger partial charge in [-0.3, -0.25) is 4.79 Å². The van der Waals surface area contributed by atoms with E-state index in [0.29, 0.717) is 17.2 Å². The van der Waals surface area contributed by atoms with Gasteiger partial charge in [0, 0.05) is 11.0 Å². The number of Topliss-reactive ketones (excluding diaryl/α,β-unsaturated/α-hetero) is 1. The summed E-state index contributed by atoms with van der Waals surface area (Å²) in [5.41, 5.74) is 2.84. The van der Waals surface area contributed by atoms with Crippen molar-refractivity contribution in [3.8, 4) is 17.2 Å².